The molecule has 17 heavy (non-hydrogen) atoms. The summed E-state index contributed by atoms with van der Waals surface area (Å²) in [5.74, 6) is -0.197. The lowest BCUT2D eigenvalue weighted by Crippen LogP contribution is -2.11. The summed E-state index contributed by atoms with van der Waals surface area (Å²) in [6.07, 6.45) is -4.45. The number of ether oxygens (including phenoxy) is 1. The molecule has 0 atom stereocenters. The van der Waals surface area contributed by atoms with Gasteiger partial charge in [-0.15, -0.1) is 0 Å². The van der Waals surface area contributed by atoms with Crippen LogP contribution >= 0.6 is 0 Å². The normalized spacial score (nSPS) is 11.4. The van der Waals surface area contributed by atoms with E-state index in [1.165, 1.54) is 12.1 Å². The first-order valence-corrected chi connectivity index (χ1v) is 5.02. The zero-order valence-corrected chi connectivity index (χ0v) is 9.47. The largest absolute Gasteiger partial charge is 0.489 e. The molecule has 0 unspecified atom stereocenters. The Kier molecular flexibility index (Phi) is 4.17. The van der Waals surface area contributed by atoms with Crippen molar-refractivity contribution in [3.05, 3.63) is 41.5 Å². The fraction of sp³-hybridized carbons (Fsp3) is 0.333. The lowest BCUT2D eigenvalue weighted by Gasteiger charge is -2.15. The zero-order chi connectivity index (χ0) is 13.1. The van der Waals surface area contributed by atoms with Crippen LogP contribution in [0.5, 0.6) is 5.75 Å². The van der Waals surface area contributed by atoms with E-state index in [0.29, 0.717) is 11.1 Å². The van der Waals surface area contributed by atoms with Crippen molar-refractivity contribution in [2.75, 3.05) is 6.61 Å². The molecule has 5 heteroatoms. The molecule has 1 rings (SSSR count). The molecule has 0 bridgehead atoms. The van der Waals surface area contributed by atoms with E-state index in [2.05, 4.69) is 6.58 Å². The fourth-order valence-corrected chi connectivity index (χ4v) is 1.25. The van der Waals surface area contributed by atoms with Crippen molar-refractivity contribution in [1.82, 2.24) is 0 Å². The Morgan fingerprint density at radius 3 is 2.53 bits per heavy atom. The maximum Gasteiger partial charge on any atom is 0.419 e. The van der Waals surface area contributed by atoms with Gasteiger partial charge < -0.3 is 10.5 Å². The molecule has 0 aromatic heterocycles. The van der Waals surface area contributed by atoms with E-state index in [0.717, 1.165) is 6.07 Å². The monoisotopic (exact) mass is 245 g/mol. The van der Waals surface area contributed by atoms with E-state index in [-0.39, 0.29) is 18.9 Å². The van der Waals surface area contributed by atoms with Crippen LogP contribution in [0.25, 0.3) is 0 Å². The quantitative estimate of drug-likeness (QED) is 0.827. The van der Waals surface area contributed by atoms with Crippen molar-refractivity contribution >= 4 is 0 Å². The van der Waals surface area contributed by atoms with Crippen LogP contribution < -0.4 is 10.5 Å². The predicted molar refractivity (Wildman–Crippen MR) is 59.6 cm³/mol. The summed E-state index contributed by atoms with van der Waals surface area (Å²) >= 11 is 0. The molecule has 0 spiro atoms. The number of hydrogen-bond acceptors (Lipinski definition) is 2. The van der Waals surface area contributed by atoms with Crippen LogP contribution in [-0.2, 0) is 12.7 Å². The number of alkyl halides is 3. The summed E-state index contributed by atoms with van der Waals surface area (Å²) < 4.78 is 43.3. The number of halogens is 3. The van der Waals surface area contributed by atoms with E-state index in [1.54, 1.807) is 6.92 Å². The first-order valence-electron chi connectivity index (χ1n) is 5.02. The highest BCUT2D eigenvalue weighted by molar-refractivity contribution is 5.39. The van der Waals surface area contributed by atoms with E-state index < -0.39 is 11.7 Å². The highest BCUT2D eigenvalue weighted by atomic mass is 19.4. The summed E-state index contributed by atoms with van der Waals surface area (Å²) in [5.41, 5.74) is 5.58. The van der Waals surface area contributed by atoms with Gasteiger partial charge in [-0.05, 0) is 30.2 Å². The molecule has 1 aromatic carbocycles. The van der Waals surface area contributed by atoms with Gasteiger partial charge in [-0.2, -0.15) is 13.2 Å². The Balaban J connectivity index is 3.07. The maximum absolute atomic E-state index is 12.7. The van der Waals surface area contributed by atoms with E-state index in [9.17, 15) is 13.2 Å². The third kappa shape index (κ3) is 3.78. The molecule has 2 N–H and O–H groups in total. The minimum Gasteiger partial charge on any atom is -0.489 e. The van der Waals surface area contributed by atoms with Gasteiger partial charge in [0.25, 0.3) is 0 Å². The Morgan fingerprint density at radius 1 is 1.41 bits per heavy atom. The van der Waals surface area contributed by atoms with Crippen molar-refractivity contribution in [2.24, 2.45) is 5.73 Å². The van der Waals surface area contributed by atoms with Gasteiger partial charge in [0.2, 0.25) is 0 Å². The fourth-order valence-electron chi connectivity index (χ4n) is 1.25. The Hall–Kier alpha value is -1.49. The van der Waals surface area contributed by atoms with Gasteiger partial charge in [0, 0.05) is 6.54 Å². The van der Waals surface area contributed by atoms with Crippen LogP contribution in [0.15, 0.2) is 30.4 Å². The van der Waals surface area contributed by atoms with Crippen molar-refractivity contribution in [1.29, 1.82) is 0 Å². The average Bonchev–Trinajstić information content (AvgIpc) is 2.24. The lowest BCUT2D eigenvalue weighted by molar-refractivity contribution is -0.138. The smallest absolute Gasteiger partial charge is 0.419 e. The van der Waals surface area contributed by atoms with Gasteiger partial charge in [0.1, 0.15) is 12.4 Å². The van der Waals surface area contributed by atoms with Gasteiger partial charge in [-0.1, -0.05) is 12.6 Å². The predicted octanol–water partition coefficient (Wildman–Crippen LogP) is 3.12. The summed E-state index contributed by atoms with van der Waals surface area (Å²) in [5, 5.41) is 0. The summed E-state index contributed by atoms with van der Waals surface area (Å²) in [6.45, 7) is 5.37. The SMILES string of the molecule is C=C(C)COc1ccc(CN)cc1C(F)(F)F. The van der Waals surface area contributed by atoms with Crippen LogP contribution in [0, 0.1) is 0 Å². The molecule has 0 aliphatic rings. The Bertz CT molecular complexity index is 413. The topological polar surface area (TPSA) is 35.2 Å². The van der Waals surface area contributed by atoms with Gasteiger partial charge in [0.15, 0.2) is 0 Å². The van der Waals surface area contributed by atoms with Gasteiger partial charge in [-0.3, -0.25) is 0 Å². The third-order valence-corrected chi connectivity index (χ3v) is 2.06. The molecule has 2 nitrogen and oxygen atoms in total. The maximum atomic E-state index is 12.7. The number of nitrogens with two attached hydrogens (primary N) is 1. The molecule has 0 saturated heterocycles. The first kappa shape index (κ1) is 13.6. The summed E-state index contributed by atoms with van der Waals surface area (Å²) in [6, 6.07) is 3.81. The lowest BCUT2D eigenvalue weighted by atomic mass is 10.1. The van der Waals surface area contributed by atoms with E-state index in [1.807, 2.05) is 0 Å². The second kappa shape index (κ2) is 5.23. The molecule has 94 valence electrons. The average molecular weight is 245 g/mol. The van der Waals surface area contributed by atoms with Crippen LogP contribution in [0.1, 0.15) is 18.1 Å². The molecule has 0 saturated carbocycles. The molecule has 1 aromatic rings. The highest BCUT2D eigenvalue weighted by Crippen LogP contribution is 2.36. The van der Waals surface area contributed by atoms with Crippen molar-refractivity contribution in [3.63, 3.8) is 0 Å². The van der Waals surface area contributed by atoms with Gasteiger partial charge in [-0.25, -0.2) is 0 Å². The first-order chi connectivity index (χ1) is 7.84. The molecule has 0 fully saturated rings. The molecular formula is C12H14F3NO. The third-order valence-electron chi connectivity index (χ3n) is 2.06. The van der Waals surface area contributed by atoms with Crippen molar-refractivity contribution < 1.29 is 17.9 Å². The van der Waals surface area contributed by atoms with Crippen LogP contribution in [0.2, 0.25) is 0 Å². The van der Waals surface area contributed by atoms with Crippen molar-refractivity contribution in [2.45, 2.75) is 19.6 Å². The number of benzene rings is 1. The Morgan fingerprint density at radius 2 is 2.06 bits per heavy atom. The minimum absolute atomic E-state index is 0.0594. The molecule has 0 amide bonds. The molecular weight excluding hydrogens is 231 g/mol. The molecule has 0 radical (unpaired) electrons. The standard InChI is InChI=1S/C12H14F3NO/c1-8(2)7-17-11-4-3-9(6-16)5-10(11)12(13,14)15/h3-5H,1,6-7,16H2,2H3. The second-order valence-electron chi connectivity index (χ2n) is 3.78. The van der Waals surface area contributed by atoms with E-state index in [4.69, 9.17) is 10.5 Å². The molecule has 0 aliphatic heterocycles. The molecule has 0 heterocycles. The summed E-state index contributed by atoms with van der Waals surface area (Å²) in [4.78, 5) is 0. The number of rotatable bonds is 4. The number of hydrogen-bond donors (Lipinski definition) is 1. The van der Waals surface area contributed by atoms with Crippen molar-refractivity contribution in [3.8, 4) is 5.75 Å². The van der Waals surface area contributed by atoms with Gasteiger partial charge in [0.05, 0.1) is 5.56 Å². The molecule has 0 aliphatic carbocycles. The Labute approximate surface area is 97.9 Å². The van der Waals surface area contributed by atoms with Crippen LogP contribution in [0.4, 0.5) is 13.2 Å². The second-order valence-corrected chi connectivity index (χ2v) is 3.78. The highest BCUT2D eigenvalue weighted by Gasteiger charge is 2.34. The van der Waals surface area contributed by atoms with E-state index >= 15 is 0 Å². The minimum atomic E-state index is -4.45. The summed E-state index contributed by atoms with van der Waals surface area (Å²) in [7, 11) is 0. The van der Waals surface area contributed by atoms with Crippen LogP contribution in [0.3, 0.4) is 0 Å². The van der Waals surface area contributed by atoms with Gasteiger partial charge >= 0.3 is 6.18 Å². The zero-order valence-electron chi connectivity index (χ0n) is 9.47. The van der Waals surface area contributed by atoms with Crippen LogP contribution in [-0.4, -0.2) is 6.61 Å².